The number of rotatable bonds is 6. The molecule has 0 aliphatic carbocycles. The fourth-order valence-electron chi connectivity index (χ4n) is 2.23. The van der Waals surface area contributed by atoms with Gasteiger partial charge in [-0.15, -0.1) is 0 Å². The minimum Gasteiger partial charge on any atom is -0.506 e. The second-order valence-corrected chi connectivity index (χ2v) is 7.36. The third-order valence-electron chi connectivity index (χ3n) is 3.51. The molecule has 0 fully saturated rings. The van der Waals surface area contributed by atoms with E-state index in [0.29, 0.717) is 6.54 Å². The number of aromatic hydroxyl groups is 1. The number of phenols is 1. The van der Waals surface area contributed by atoms with Gasteiger partial charge < -0.3 is 15.3 Å². The zero-order chi connectivity index (χ0) is 17.7. The van der Waals surface area contributed by atoms with Crippen molar-refractivity contribution in [3.8, 4) is 5.75 Å². The van der Waals surface area contributed by atoms with E-state index >= 15 is 0 Å². The molecular formula is C17H20N2O4S. The van der Waals surface area contributed by atoms with E-state index in [1.54, 1.807) is 0 Å². The maximum Gasteiger partial charge on any atom is 0.243 e. The van der Waals surface area contributed by atoms with Gasteiger partial charge in [0.25, 0.3) is 0 Å². The number of hydrogen-bond acceptors (Lipinski definition) is 5. The van der Waals surface area contributed by atoms with Crippen molar-refractivity contribution in [3.63, 3.8) is 0 Å². The first-order chi connectivity index (χ1) is 11.3. The third kappa shape index (κ3) is 4.48. The van der Waals surface area contributed by atoms with Crippen LogP contribution in [0.4, 0.5) is 11.4 Å². The molecule has 24 heavy (non-hydrogen) atoms. The summed E-state index contributed by atoms with van der Waals surface area (Å²) in [5, 5.41) is 12.4. The largest absolute Gasteiger partial charge is 0.506 e. The molecule has 0 heterocycles. The summed E-state index contributed by atoms with van der Waals surface area (Å²) in [7, 11) is -3.42. The highest BCUT2D eigenvalue weighted by Crippen LogP contribution is 2.26. The van der Waals surface area contributed by atoms with Crippen molar-refractivity contribution in [2.24, 2.45) is 0 Å². The first-order valence-electron chi connectivity index (χ1n) is 7.44. The van der Waals surface area contributed by atoms with Gasteiger partial charge in [-0.3, -0.25) is 4.79 Å². The van der Waals surface area contributed by atoms with E-state index in [4.69, 9.17) is 0 Å². The molecule has 0 atom stereocenters. The Labute approximate surface area is 141 Å². The zero-order valence-electron chi connectivity index (χ0n) is 13.6. The molecule has 6 nitrogen and oxygen atoms in total. The molecule has 0 aliphatic rings. The molecule has 7 heteroatoms. The number of amides is 1. The lowest BCUT2D eigenvalue weighted by Crippen LogP contribution is -2.33. The summed E-state index contributed by atoms with van der Waals surface area (Å²) >= 11 is 0. The lowest BCUT2D eigenvalue weighted by atomic mass is 10.2. The summed E-state index contributed by atoms with van der Waals surface area (Å²) in [5.41, 5.74) is 0.983. The van der Waals surface area contributed by atoms with Crippen LogP contribution in [0.5, 0.6) is 5.75 Å². The van der Waals surface area contributed by atoms with Crippen molar-refractivity contribution in [3.05, 3.63) is 48.5 Å². The second-order valence-electron chi connectivity index (χ2n) is 5.35. The lowest BCUT2D eigenvalue weighted by Gasteiger charge is -2.22. The van der Waals surface area contributed by atoms with Gasteiger partial charge in [0.05, 0.1) is 17.1 Å². The Morgan fingerprint density at radius 2 is 1.83 bits per heavy atom. The number of nitrogens with zero attached hydrogens (tertiary/aromatic N) is 1. The van der Waals surface area contributed by atoms with Gasteiger partial charge >= 0.3 is 0 Å². The predicted octanol–water partition coefficient (Wildman–Crippen LogP) is 2.26. The summed E-state index contributed by atoms with van der Waals surface area (Å²) in [6, 6.07) is 13.3. The molecule has 0 bridgehead atoms. The zero-order valence-corrected chi connectivity index (χ0v) is 14.4. The Morgan fingerprint density at radius 3 is 2.42 bits per heavy atom. The number of para-hydroxylation sites is 1. The summed E-state index contributed by atoms with van der Waals surface area (Å²) in [6.07, 6.45) is 1.07. The van der Waals surface area contributed by atoms with Crippen LogP contribution in [0, 0.1) is 0 Å². The van der Waals surface area contributed by atoms with Gasteiger partial charge in [-0.05, 0) is 37.3 Å². The number of anilines is 2. The summed E-state index contributed by atoms with van der Waals surface area (Å²) < 4.78 is 23.2. The van der Waals surface area contributed by atoms with Crippen LogP contribution in [0.1, 0.15) is 6.92 Å². The molecule has 2 rings (SSSR count). The van der Waals surface area contributed by atoms with Crippen molar-refractivity contribution in [2.75, 3.05) is 29.6 Å². The van der Waals surface area contributed by atoms with E-state index in [9.17, 15) is 18.3 Å². The van der Waals surface area contributed by atoms with E-state index in [0.717, 1.165) is 11.9 Å². The monoisotopic (exact) mass is 348 g/mol. The number of sulfone groups is 1. The van der Waals surface area contributed by atoms with Gasteiger partial charge in [-0.25, -0.2) is 8.42 Å². The highest BCUT2D eigenvalue weighted by atomic mass is 32.2. The molecule has 0 radical (unpaired) electrons. The standard InChI is InChI=1S/C17H20N2O4S/c1-3-19(13-7-5-4-6-8-13)12-17(21)18-15-11-14(24(2,22)23)9-10-16(15)20/h4-11,20H,3,12H2,1-2H3,(H,18,21). The summed E-state index contributed by atoms with van der Waals surface area (Å²) in [6.45, 7) is 2.65. The van der Waals surface area contributed by atoms with Crippen LogP contribution in [0.15, 0.2) is 53.4 Å². The molecule has 0 saturated heterocycles. The van der Waals surface area contributed by atoms with E-state index in [1.807, 2.05) is 42.2 Å². The van der Waals surface area contributed by atoms with Crippen molar-refractivity contribution in [1.82, 2.24) is 0 Å². The summed E-state index contributed by atoms with van der Waals surface area (Å²) in [5.74, 6) is -0.528. The van der Waals surface area contributed by atoms with Gasteiger partial charge in [0.2, 0.25) is 5.91 Å². The van der Waals surface area contributed by atoms with E-state index in [2.05, 4.69) is 5.32 Å². The van der Waals surface area contributed by atoms with Crippen LogP contribution in [-0.2, 0) is 14.6 Å². The predicted molar refractivity (Wildman–Crippen MR) is 94.2 cm³/mol. The molecule has 0 unspecified atom stereocenters. The number of benzene rings is 2. The Morgan fingerprint density at radius 1 is 1.17 bits per heavy atom. The third-order valence-corrected chi connectivity index (χ3v) is 4.62. The Kier molecular flexibility index (Phi) is 5.46. The maximum absolute atomic E-state index is 12.3. The first-order valence-corrected chi connectivity index (χ1v) is 9.33. The summed E-state index contributed by atoms with van der Waals surface area (Å²) in [4.78, 5) is 14.2. The number of carbonyl (C=O) groups excluding carboxylic acids is 1. The Hall–Kier alpha value is -2.54. The van der Waals surface area contributed by atoms with Crippen LogP contribution >= 0.6 is 0 Å². The molecular weight excluding hydrogens is 328 g/mol. The normalized spacial score (nSPS) is 11.1. The SMILES string of the molecule is CCN(CC(=O)Nc1cc(S(C)(=O)=O)ccc1O)c1ccccc1. The Balaban J connectivity index is 2.15. The quantitative estimate of drug-likeness (QED) is 0.782. The van der Waals surface area contributed by atoms with Crippen molar-refractivity contribution < 1.29 is 18.3 Å². The average Bonchev–Trinajstić information content (AvgIpc) is 2.54. The molecule has 0 aliphatic heterocycles. The van der Waals surface area contributed by atoms with Gasteiger partial charge in [0, 0.05) is 18.5 Å². The molecule has 0 saturated carbocycles. The highest BCUT2D eigenvalue weighted by molar-refractivity contribution is 7.90. The van der Waals surface area contributed by atoms with Gasteiger partial charge in [0.1, 0.15) is 5.75 Å². The molecule has 2 aromatic rings. The van der Waals surface area contributed by atoms with Gasteiger partial charge in [-0.2, -0.15) is 0 Å². The molecule has 2 N–H and O–H groups in total. The first kappa shape index (κ1) is 17.8. The van der Waals surface area contributed by atoms with Crippen LogP contribution in [-0.4, -0.2) is 38.8 Å². The van der Waals surface area contributed by atoms with E-state index in [-0.39, 0.29) is 28.8 Å². The number of carbonyl (C=O) groups is 1. The number of nitrogens with one attached hydrogen (secondary N) is 1. The van der Waals surface area contributed by atoms with Crippen LogP contribution in [0.25, 0.3) is 0 Å². The van der Waals surface area contributed by atoms with Crippen LogP contribution in [0.3, 0.4) is 0 Å². The van der Waals surface area contributed by atoms with E-state index in [1.165, 1.54) is 18.2 Å². The minimum atomic E-state index is -3.42. The molecule has 2 aromatic carbocycles. The molecule has 128 valence electrons. The van der Waals surface area contributed by atoms with Crippen molar-refractivity contribution >= 4 is 27.1 Å². The smallest absolute Gasteiger partial charge is 0.243 e. The van der Waals surface area contributed by atoms with Gasteiger partial charge in [-0.1, -0.05) is 18.2 Å². The van der Waals surface area contributed by atoms with Crippen LogP contribution in [0.2, 0.25) is 0 Å². The second kappa shape index (κ2) is 7.35. The molecule has 0 aromatic heterocycles. The number of phenolic OH excluding ortho intramolecular Hbond substituents is 1. The number of hydrogen-bond donors (Lipinski definition) is 2. The average molecular weight is 348 g/mol. The van der Waals surface area contributed by atoms with Crippen LogP contribution < -0.4 is 10.2 Å². The molecule has 1 amide bonds. The molecule has 0 spiro atoms. The lowest BCUT2D eigenvalue weighted by molar-refractivity contribution is -0.115. The van der Waals surface area contributed by atoms with Crippen molar-refractivity contribution in [1.29, 1.82) is 0 Å². The fraction of sp³-hybridized carbons (Fsp3) is 0.235. The van der Waals surface area contributed by atoms with Crippen molar-refractivity contribution in [2.45, 2.75) is 11.8 Å². The minimum absolute atomic E-state index is 0.0333. The maximum atomic E-state index is 12.3. The van der Waals surface area contributed by atoms with Gasteiger partial charge in [0.15, 0.2) is 9.84 Å². The Bertz CT molecular complexity index is 820. The van der Waals surface area contributed by atoms with E-state index < -0.39 is 9.84 Å². The highest BCUT2D eigenvalue weighted by Gasteiger charge is 2.14. The number of likely N-dealkylation sites (N-methyl/N-ethyl adjacent to an activating group) is 1. The topological polar surface area (TPSA) is 86.7 Å². The fourth-order valence-corrected chi connectivity index (χ4v) is 2.88.